The van der Waals surface area contributed by atoms with Crippen LogP contribution in [0, 0.1) is 0 Å². The van der Waals surface area contributed by atoms with Crippen LogP contribution in [0.3, 0.4) is 0 Å². The number of methoxy groups -OCH3 is 1. The van der Waals surface area contributed by atoms with Crippen LogP contribution in [0.5, 0.6) is 5.75 Å². The van der Waals surface area contributed by atoms with Crippen molar-refractivity contribution in [2.24, 2.45) is 0 Å². The number of tetrazole rings is 1. The van der Waals surface area contributed by atoms with Crippen molar-refractivity contribution in [3.63, 3.8) is 0 Å². The Balaban J connectivity index is 1.90. The van der Waals surface area contributed by atoms with E-state index in [1.807, 2.05) is 0 Å². The molecule has 0 saturated carbocycles. The average Bonchev–Trinajstić information content (AvgIpc) is 3.09. The van der Waals surface area contributed by atoms with Crippen molar-refractivity contribution in [2.45, 2.75) is 4.90 Å². The minimum atomic E-state index is -3.75. The first-order valence-electron chi connectivity index (χ1n) is 6.70. The minimum Gasteiger partial charge on any atom is -0.496 e. The molecule has 8 nitrogen and oxygen atoms in total. The van der Waals surface area contributed by atoms with Gasteiger partial charge in [-0.3, -0.25) is 4.72 Å². The van der Waals surface area contributed by atoms with Crippen molar-refractivity contribution in [2.75, 3.05) is 11.8 Å². The van der Waals surface area contributed by atoms with E-state index in [1.54, 1.807) is 30.3 Å². The second kappa shape index (κ2) is 6.57. The Morgan fingerprint density at radius 3 is 2.71 bits per heavy atom. The smallest absolute Gasteiger partial charge is 0.261 e. The van der Waals surface area contributed by atoms with E-state index in [0.29, 0.717) is 27.3 Å². The number of H-pyrrole nitrogens is 1. The van der Waals surface area contributed by atoms with E-state index in [-0.39, 0.29) is 4.90 Å². The predicted octanol–water partition coefficient (Wildman–Crippen LogP) is 2.44. The number of aromatic nitrogens is 4. The molecule has 0 saturated heterocycles. The highest BCUT2D eigenvalue weighted by atomic mass is 79.9. The highest BCUT2D eigenvalue weighted by Crippen LogP contribution is 2.28. The first-order valence-corrected chi connectivity index (χ1v) is 8.97. The maximum absolute atomic E-state index is 12.5. The number of sulfonamides is 1. The summed E-state index contributed by atoms with van der Waals surface area (Å²) in [4.78, 5) is 0.111. The summed E-state index contributed by atoms with van der Waals surface area (Å²) < 4.78 is 33.2. The molecule has 0 aliphatic rings. The van der Waals surface area contributed by atoms with Gasteiger partial charge in [0.1, 0.15) is 5.75 Å². The number of ether oxygens (including phenoxy) is 1. The molecule has 0 atom stereocenters. The molecule has 0 bridgehead atoms. The molecule has 124 valence electrons. The van der Waals surface area contributed by atoms with Gasteiger partial charge in [-0.05, 0) is 51.5 Å². The van der Waals surface area contributed by atoms with Crippen LogP contribution in [0.1, 0.15) is 0 Å². The van der Waals surface area contributed by atoms with Gasteiger partial charge in [-0.1, -0.05) is 12.1 Å². The first-order chi connectivity index (χ1) is 11.5. The van der Waals surface area contributed by atoms with Crippen LogP contribution in [-0.2, 0) is 10.0 Å². The van der Waals surface area contributed by atoms with E-state index in [9.17, 15) is 8.42 Å². The molecule has 10 heteroatoms. The SMILES string of the molecule is COc1ccc(S(=O)(=O)Nc2cccc(-c3nn[nH]n3)c2)cc1Br. The van der Waals surface area contributed by atoms with Crippen molar-refractivity contribution in [1.29, 1.82) is 0 Å². The average molecular weight is 410 g/mol. The summed E-state index contributed by atoms with van der Waals surface area (Å²) in [6.45, 7) is 0. The summed E-state index contributed by atoms with van der Waals surface area (Å²) >= 11 is 3.28. The Hall–Kier alpha value is -2.46. The molecule has 3 rings (SSSR count). The maximum Gasteiger partial charge on any atom is 0.261 e. The summed E-state index contributed by atoms with van der Waals surface area (Å²) in [6, 6.07) is 11.2. The van der Waals surface area contributed by atoms with Crippen LogP contribution in [0.25, 0.3) is 11.4 Å². The third-order valence-corrected chi connectivity index (χ3v) is 5.15. The summed E-state index contributed by atoms with van der Waals surface area (Å²) in [5.74, 6) is 0.927. The van der Waals surface area contributed by atoms with Gasteiger partial charge in [-0.25, -0.2) is 8.42 Å². The number of halogens is 1. The van der Waals surface area contributed by atoms with Gasteiger partial charge in [0, 0.05) is 11.3 Å². The Morgan fingerprint density at radius 2 is 2.04 bits per heavy atom. The quantitative estimate of drug-likeness (QED) is 0.669. The Morgan fingerprint density at radius 1 is 1.21 bits per heavy atom. The van der Waals surface area contributed by atoms with E-state index >= 15 is 0 Å². The Labute approximate surface area is 146 Å². The number of rotatable bonds is 5. The molecular formula is C14H12BrN5O3S. The van der Waals surface area contributed by atoms with Crippen molar-refractivity contribution in [3.8, 4) is 17.1 Å². The minimum absolute atomic E-state index is 0.111. The lowest BCUT2D eigenvalue weighted by molar-refractivity contribution is 0.411. The van der Waals surface area contributed by atoms with Gasteiger partial charge in [0.15, 0.2) is 0 Å². The van der Waals surface area contributed by atoms with Gasteiger partial charge in [0.05, 0.1) is 16.5 Å². The van der Waals surface area contributed by atoms with Gasteiger partial charge < -0.3 is 4.74 Å². The Bertz CT molecular complexity index is 960. The molecule has 0 spiro atoms. The van der Waals surface area contributed by atoms with Gasteiger partial charge in [0.25, 0.3) is 10.0 Å². The zero-order valence-corrected chi connectivity index (χ0v) is 14.8. The van der Waals surface area contributed by atoms with Crippen LogP contribution in [0.2, 0.25) is 0 Å². The van der Waals surface area contributed by atoms with Crippen LogP contribution < -0.4 is 9.46 Å². The molecule has 24 heavy (non-hydrogen) atoms. The number of hydrogen-bond acceptors (Lipinski definition) is 6. The largest absolute Gasteiger partial charge is 0.496 e. The maximum atomic E-state index is 12.5. The van der Waals surface area contributed by atoms with Crippen LogP contribution in [-0.4, -0.2) is 36.2 Å². The van der Waals surface area contributed by atoms with Crippen molar-refractivity contribution in [1.82, 2.24) is 20.6 Å². The molecule has 2 N–H and O–H groups in total. The predicted molar refractivity (Wildman–Crippen MR) is 91.1 cm³/mol. The third-order valence-electron chi connectivity index (χ3n) is 3.15. The second-order valence-electron chi connectivity index (χ2n) is 4.72. The topological polar surface area (TPSA) is 110 Å². The summed E-state index contributed by atoms with van der Waals surface area (Å²) in [7, 11) is -2.24. The van der Waals surface area contributed by atoms with E-state index < -0.39 is 10.0 Å². The monoisotopic (exact) mass is 409 g/mol. The first kappa shape index (κ1) is 16.4. The number of nitrogens with one attached hydrogen (secondary N) is 2. The van der Waals surface area contributed by atoms with Gasteiger partial charge in [-0.15, -0.1) is 10.2 Å². The van der Waals surface area contributed by atoms with E-state index in [1.165, 1.54) is 19.2 Å². The van der Waals surface area contributed by atoms with Gasteiger partial charge in [-0.2, -0.15) is 5.21 Å². The highest BCUT2D eigenvalue weighted by Gasteiger charge is 2.16. The van der Waals surface area contributed by atoms with Crippen LogP contribution in [0.15, 0.2) is 51.8 Å². The Kier molecular flexibility index (Phi) is 4.49. The lowest BCUT2D eigenvalue weighted by Gasteiger charge is -2.10. The molecule has 0 aliphatic heterocycles. The second-order valence-corrected chi connectivity index (χ2v) is 7.25. The van der Waals surface area contributed by atoms with Gasteiger partial charge >= 0.3 is 0 Å². The summed E-state index contributed by atoms with van der Waals surface area (Å²) in [5, 5.41) is 13.6. The standard InChI is InChI=1S/C14H12BrN5O3S/c1-23-13-6-5-11(8-12(13)15)24(21,22)18-10-4-2-3-9(7-10)14-16-19-20-17-14/h2-8,18H,1H3,(H,16,17,19,20). The number of hydrogen-bond donors (Lipinski definition) is 2. The molecule has 2 aromatic carbocycles. The number of anilines is 1. The number of aromatic amines is 1. The molecule has 1 aromatic heterocycles. The van der Waals surface area contributed by atoms with Crippen LogP contribution in [0.4, 0.5) is 5.69 Å². The van der Waals surface area contributed by atoms with Crippen molar-refractivity contribution < 1.29 is 13.2 Å². The van der Waals surface area contributed by atoms with E-state index in [4.69, 9.17) is 4.74 Å². The molecule has 3 aromatic rings. The zero-order valence-electron chi connectivity index (χ0n) is 12.4. The molecule has 0 radical (unpaired) electrons. The lowest BCUT2D eigenvalue weighted by atomic mass is 10.2. The molecular weight excluding hydrogens is 398 g/mol. The fraction of sp³-hybridized carbons (Fsp3) is 0.0714. The normalized spacial score (nSPS) is 11.2. The molecule has 0 aliphatic carbocycles. The van der Waals surface area contributed by atoms with Crippen molar-refractivity contribution in [3.05, 3.63) is 46.9 Å². The number of nitrogens with zero attached hydrogens (tertiary/aromatic N) is 3. The molecule has 0 unspecified atom stereocenters. The van der Waals surface area contributed by atoms with E-state index in [2.05, 4.69) is 41.3 Å². The van der Waals surface area contributed by atoms with Crippen molar-refractivity contribution >= 4 is 31.6 Å². The summed E-state index contributed by atoms with van der Waals surface area (Å²) in [6.07, 6.45) is 0. The zero-order chi connectivity index (χ0) is 17.2. The fourth-order valence-corrected chi connectivity index (χ4v) is 3.80. The van der Waals surface area contributed by atoms with Gasteiger partial charge in [0.2, 0.25) is 5.82 Å². The van der Waals surface area contributed by atoms with Crippen LogP contribution >= 0.6 is 15.9 Å². The molecule has 1 heterocycles. The highest BCUT2D eigenvalue weighted by molar-refractivity contribution is 9.10. The third kappa shape index (κ3) is 3.39. The summed E-state index contributed by atoms with van der Waals surface area (Å²) in [5.41, 5.74) is 1.03. The molecule has 0 amide bonds. The lowest BCUT2D eigenvalue weighted by Crippen LogP contribution is -2.13. The fourth-order valence-electron chi connectivity index (χ4n) is 2.03. The molecule has 0 fully saturated rings. The van der Waals surface area contributed by atoms with E-state index in [0.717, 1.165) is 0 Å². The number of benzene rings is 2.